The van der Waals surface area contributed by atoms with Crippen LogP contribution < -0.4 is 5.44 Å². The van der Waals surface area contributed by atoms with E-state index in [1.54, 1.807) is 27.7 Å². The summed E-state index contributed by atoms with van der Waals surface area (Å²) >= 11 is 0. The van der Waals surface area contributed by atoms with E-state index in [-0.39, 0.29) is 23.2 Å². The Morgan fingerprint density at radius 2 is 1.79 bits per heavy atom. The molecule has 19 heavy (non-hydrogen) atoms. The number of esters is 1. The van der Waals surface area contributed by atoms with Gasteiger partial charge in [0.1, 0.15) is 11.8 Å². The highest BCUT2D eigenvalue weighted by atomic mass is 31.2. The molecule has 0 bridgehead atoms. The molecule has 0 atom stereocenters. The van der Waals surface area contributed by atoms with Crippen molar-refractivity contribution in [2.45, 2.75) is 39.9 Å². The highest BCUT2D eigenvalue weighted by molar-refractivity contribution is 7.62. The molecule has 1 aromatic heterocycles. The van der Waals surface area contributed by atoms with E-state index in [4.69, 9.17) is 13.6 Å². The average Bonchev–Trinajstić information content (AvgIpc) is 2.75. The van der Waals surface area contributed by atoms with Gasteiger partial charge in [-0.1, -0.05) is 5.16 Å². The monoisotopic (exact) mass is 291 g/mol. The Morgan fingerprint density at radius 1 is 1.26 bits per heavy atom. The summed E-state index contributed by atoms with van der Waals surface area (Å²) in [5.74, 6) is -0.712. The second-order valence-corrected chi connectivity index (χ2v) is 6.19. The van der Waals surface area contributed by atoms with Crippen LogP contribution in [0.3, 0.4) is 0 Å². The maximum Gasteiger partial charge on any atom is 0.384 e. The number of ether oxygens (including phenoxy) is 1. The largest absolute Gasteiger partial charge is 0.465 e. The summed E-state index contributed by atoms with van der Waals surface area (Å²) in [7, 11) is -2.54. The van der Waals surface area contributed by atoms with Gasteiger partial charge in [0.05, 0.1) is 19.3 Å². The summed E-state index contributed by atoms with van der Waals surface area (Å²) in [5.41, 5.74) is -0.228. The van der Waals surface area contributed by atoms with Gasteiger partial charge < -0.3 is 18.3 Å². The molecule has 1 heterocycles. The highest BCUT2D eigenvalue weighted by Gasteiger charge is 2.38. The second-order valence-electron chi connectivity index (χ2n) is 4.35. The van der Waals surface area contributed by atoms with Crippen LogP contribution in [0.5, 0.6) is 0 Å². The molecular weight excluding hydrogens is 273 g/mol. The lowest BCUT2D eigenvalue weighted by atomic mass is 10.4. The molecule has 1 aromatic rings. The molecule has 0 aliphatic carbocycles. The number of hydrogen-bond donors (Lipinski definition) is 0. The van der Waals surface area contributed by atoms with E-state index in [1.165, 1.54) is 7.11 Å². The first kappa shape index (κ1) is 15.9. The number of hydrogen-bond acceptors (Lipinski definition) is 7. The maximum absolute atomic E-state index is 12.8. The number of rotatable bonds is 6. The third kappa shape index (κ3) is 3.89. The summed E-state index contributed by atoms with van der Waals surface area (Å²) in [5, 5.41) is 3.57. The van der Waals surface area contributed by atoms with Gasteiger partial charge in [0.2, 0.25) is 5.44 Å². The minimum atomic E-state index is -3.75. The van der Waals surface area contributed by atoms with Gasteiger partial charge in [-0.15, -0.1) is 0 Å². The molecule has 0 aliphatic rings. The molecule has 0 fully saturated rings. The van der Waals surface area contributed by atoms with E-state index < -0.39 is 13.6 Å². The Labute approximate surface area is 111 Å². The maximum atomic E-state index is 12.8. The van der Waals surface area contributed by atoms with Crippen molar-refractivity contribution < 1.29 is 27.7 Å². The van der Waals surface area contributed by atoms with Crippen LogP contribution in [0.15, 0.2) is 10.8 Å². The highest BCUT2D eigenvalue weighted by Crippen LogP contribution is 2.49. The van der Waals surface area contributed by atoms with Gasteiger partial charge in [0.15, 0.2) is 0 Å². The van der Waals surface area contributed by atoms with Gasteiger partial charge in [0.25, 0.3) is 0 Å². The Kier molecular flexibility index (Phi) is 5.29. The third-order valence-electron chi connectivity index (χ3n) is 1.91. The van der Waals surface area contributed by atoms with Crippen molar-refractivity contribution in [2.24, 2.45) is 0 Å². The lowest BCUT2D eigenvalue weighted by Gasteiger charge is -2.21. The van der Waals surface area contributed by atoms with Crippen LogP contribution >= 0.6 is 7.60 Å². The summed E-state index contributed by atoms with van der Waals surface area (Å²) in [6.07, 6.45) is 0.319. The van der Waals surface area contributed by atoms with Gasteiger partial charge in [0, 0.05) is 0 Å². The normalized spacial score (nSPS) is 12.2. The first-order valence-corrected chi connectivity index (χ1v) is 7.34. The van der Waals surface area contributed by atoms with Crippen molar-refractivity contribution in [1.82, 2.24) is 5.16 Å². The minimum Gasteiger partial charge on any atom is -0.465 e. The summed E-state index contributed by atoms with van der Waals surface area (Å²) in [4.78, 5) is 11.6. The van der Waals surface area contributed by atoms with E-state index in [1.807, 2.05) is 0 Å². The van der Waals surface area contributed by atoms with Crippen LogP contribution in [0.1, 0.15) is 38.1 Å². The van der Waals surface area contributed by atoms with Crippen molar-refractivity contribution >= 4 is 19.0 Å². The van der Waals surface area contributed by atoms with E-state index >= 15 is 0 Å². The third-order valence-corrected chi connectivity index (χ3v) is 4.15. The topological polar surface area (TPSA) is 87.9 Å². The zero-order valence-corrected chi connectivity index (χ0v) is 12.5. The summed E-state index contributed by atoms with van der Waals surface area (Å²) in [6.45, 7) is 6.81. The fraction of sp³-hybridized carbons (Fsp3) is 0.636. The number of aromatic nitrogens is 1. The van der Waals surface area contributed by atoms with Crippen LogP contribution in [-0.4, -0.2) is 30.4 Å². The zero-order valence-electron chi connectivity index (χ0n) is 11.6. The Bertz CT molecular complexity index is 467. The van der Waals surface area contributed by atoms with Gasteiger partial charge >= 0.3 is 13.6 Å². The molecule has 0 saturated carbocycles. The quantitative estimate of drug-likeness (QED) is 0.586. The molecule has 108 valence electrons. The van der Waals surface area contributed by atoms with Gasteiger partial charge in [-0.3, -0.25) is 4.57 Å². The number of carbonyl (C=O) groups is 1. The first-order valence-electron chi connectivity index (χ1n) is 5.80. The molecule has 0 unspecified atom stereocenters. The molecule has 0 radical (unpaired) electrons. The molecule has 0 N–H and O–H groups in total. The lowest BCUT2D eigenvalue weighted by molar-refractivity contribution is 0.0600. The van der Waals surface area contributed by atoms with Crippen molar-refractivity contribution in [2.75, 3.05) is 7.11 Å². The molecule has 7 nitrogen and oxygen atoms in total. The molecule has 0 aliphatic heterocycles. The van der Waals surface area contributed by atoms with Crippen LogP contribution in [0, 0.1) is 0 Å². The van der Waals surface area contributed by atoms with Crippen LogP contribution in [-0.2, 0) is 18.3 Å². The van der Waals surface area contributed by atoms with E-state index in [2.05, 4.69) is 9.89 Å². The molecular formula is C11H18NO6P. The van der Waals surface area contributed by atoms with Crippen LogP contribution in [0.4, 0.5) is 0 Å². The molecule has 0 amide bonds. The number of methoxy groups -OCH3 is 1. The SMILES string of the molecule is COC(=O)c1conc1P(=O)(OC(C)C)OC(C)C. The van der Waals surface area contributed by atoms with E-state index in [9.17, 15) is 9.36 Å². The molecule has 8 heteroatoms. The fourth-order valence-electron chi connectivity index (χ4n) is 1.36. The van der Waals surface area contributed by atoms with Crippen molar-refractivity contribution in [3.8, 4) is 0 Å². The van der Waals surface area contributed by atoms with E-state index in [0.29, 0.717) is 0 Å². The molecule has 0 saturated heterocycles. The van der Waals surface area contributed by atoms with Crippen LogP contribution in [0.25, 0.3) is 0 Å². The first-order chi connectivity index (χ1) is 8.80. The molecule has 0 spiro atoms. The smallest absolute Gasteiger partial charge is 0.384 e. The predicted molar refractivity (Wildman–Crippen MR) is 67.5 cm³/mol. The molecule has 1 rings (SSSR count). The summed E-state index contributed by atoms with van der Waals surface area (Å²) in [6, 6.07) is 0. The lowest BCUT2D eigenvalue weighted by Crippen LogP contribution is -2.22. The molecule has 0 aromatic carbocycles. The van der Waals surface area contributed by atoms with Gasteiger partial charge in [-0.2, -0.15) is 0 Å². The van der Waals surface area contributed by atoms with Crippen molar-refractivity contribution in [3.63, 3.8) is 0 Å². The van der Waals surface area contributed by atoms with Crippen molar-refractivity contribution in [1.29, 1.82) is 0 Å². The van der Waals surface area contributed by atoms with E-state index in [0.717, 1.165) is 6.26 Å². The zero-order chi connectivity index (χ0) is 14.6. The van der Waals surface area contributed by atoms with Gasteiger partial charge in [-0.25, -0.2) is 4.79 Å². The Morgan fingerprint density at radius 3 is 2.21 bits per heavy atom. The predicted octanol–water partition coefficient (Wildman–Crippen LogP) is 2.13. The van der Waals surface area contributed by atoms with Crippen molar-refractivity contribution in [3.05, 3.63) is 11.8 Å². The Balaban J connectivity index is 3.22. The number of nitrogens with zero attached hydrogens (tertiary/aromatic N) is 1. The van der Waals surface area contributed by atoms with Gasteiger partial charge in [-0.05, 0) is 27.7 Å². The minimum absolute atomic E-state index is 0.0628. The summed E-state index contributed by atoms with van der Waals surface area (Å²) < 4.78 is 32.7. The average molecular weight is 291 g/mol. The fourth-order valence-corrected chi connectivity index (χ4v) is 3.30. The standard InChI is InChI=1S/C11H18NO6P/c1-7(2)17-19(14,18-8(3)4)10-9(6-16-12-10)11(13)15-5/h6-8H,1-5H3. The second kappa shape index (κ2) is 6.32. The number of carbonyl (C=O) groups excluding carboxylic acids is 1. The Hall–Kier alpha value is -1.17. The van der Waals surface area contributed by atoms with Crippen LogP contribution in [0.2, 0.25) is 0 Å².